The third-order valence-corrected chi connectivity index (χ3v) is 7.88. The summed E-state index contributed by atoms with van der Waals surface area (Å²) in [5, 5.41) is 2.72. The van der Waals surface area contributed by atoms with E-state index in [1.807, 2.05) is 49.3 Å². The Hall–Kier alpha value is -3.85. The first-order chi connectivity index (χ1) is 17.2. The van der Waals surface area contributed by atoms with Gasteiger partial charge in [-0.2, -0.15) is 0 Å². The number of hydrogen-bond acceptors (Lipinski definition) is 6. The second-order valence-corrected chi connectivity index (χ2v) is 10.7. The molecule has 4 rings (SSSR count). The molecule has 0 bridgehead atoms. The van der Waals surface area contributed by atoms with E-state index in [9.17, 15) is 18.0 Å². The largest absolute Gasteiger partial charge is 0.449 e. The molecular weight excluding hydrogens is 478 g/mol. The standard InChI is InChI=1S/C27H29N3O5S/c1-19(26(31)28-22-12-14-23(15-13-22)29(2)3)35-27(32)21-10-16-24(17-11-21)36(33,34)30-18-6-8-20-7-4-5-9-25(20)30/h4-5,7,9-17,19H,6,8,18H2,1-3H3,(H,28,31). The van der Waals surface area contributed by atoms with Crippen LogP contribution >= 0.6 is 0 Å². The molecule has 1 heterocycles. The highest BCUT2D eigenvalue weighted by Crippen LogP contribution is 2.31. The first-order valence-electron chi connectivity index (χ1n) is 11.7. The first kappa shape index (κ1) is 25.2. The molecule has 0 spiro atoms. The van der Waals surface area contributed by atoms with Crippen molar-refractivity contribution >= 4 is 39.0 Å². The SMILES string of the molecule is CC(OC(=O)c1ccc(S(=O)(=O)N2CCCc3ccccc32)cc1)C(=O)Nc1ccc(N(C)C)cc1. The van der Waals surface area contributed by atoms with Crippen LogP contribution in [0.4, 0.5) is 17.1 Å². The number of benzene rings is 3. The molecule has 0 aromatic heterocycles. The number of hydrogen-bond donors (Lipinski definition) is 1. The van der Waals surface area contributed by atoms with E-state index in [-0.39, 0.29) is 10.5 Å². The van der Waals surface area contributed by atoms with Crippen LogP contribution in [0.15, 0.2) is 77.7 Å². The lowest BCUT2D eigenvalue weighted by Gasteiger charge is -2.30. The number of amides is 1. The van der Waals surface area contributed by atoms with Gasteiger partial charge in [0.15, 0.2) is 6.10 Å². The Morgan fingerprint density at radius 1 is 0.972 bits per heavy atom. The van der Waals surface area contributed by atoms with Crippen LogP contribution in [0, 0.1) is 0 Å². The van der Waals surface area contributed by atoms with Crippen LogP contribution in [-0.4, -0.2) is 47.0 Å². The van der Waals surface area contributed by atoms with E-state index in [2.05, 4.69) is 5.32 Å². The molecule has 0 aliphatic carbocycles. The van der Waals surface area contributed by atoms with Gasteiger partial charge in [0.2, 0.25) is 0 Å². The zero-order chi connectivity index (χ0) is 25.9. The fourth-order valence-corrected chi connectivity index (χ4v) is 5.55. The van der Waals surface area contributed by atoms with Crippen molar-refractivity contribution in [3.8, 4) is 0 Å². The average Bonchev–Trinajstić information content (AvgIpc) is 2.88. The lowest BCUT2D eigenvalue weighted by molar-refractivity contribution is -0.123. The van der Waals surface area contributed by atoms with Gasteiger partial charge in [0.1, 0.15) is 0 Å². The third kappa shape index (κ3) is 5.36. The maximum Gasteiger partial charge on any atom is 0.338 e. The van der Waals surface area contributed by atoms with Gasteiger partial charge in [0, 0.05) is 32.0 Å². The quantitative estimate of drug-likeness (QED) is 0.484. The van der Waals surface area contributed by atoms with Crippen molar-refractivity contribution in [3.05, 3.63) is 83.9 Å². The van der Waals surface area contributed by atoms with Crippen LogP contribution < -0.4 is 14.5 Å². The number of carbonyl (C=O) groups is 2. The Morgan fingerprint density at radius 3 is 2.31 bits per heavy atom. The van der Waals surface area contributed by atoms with E-state index < -0.39 is 28.0 Å². The van der Waals surface area contributed by atoms with Gasteiger partial charge in [-0.1, -0.05) is 18.2 Å². The normalized spacial score (nSPS) is 13.9. The number of anilines is 3. The summed E-state index contributed by atoms with van der Waals surface area (Å²) in [6.07, 6.45) is 0.528. The number of para-hydroxylation sites is 1. The topological polar surface area (TPSA) is 96.0 Å². The van der Waals surface area contributed by atoms with Crippen molar-refractivity contribution in [1.29, 1.82) is 0 Å². The summed E-state index contributed by atoms with van der Waals surface area (Å²) in [5.41, 5.74) is 3.41. The summed E-state index contributed by atoms with van der Waals surface area (Å²) >= 11 is 0. The highest BCUT2D eigenvalue weighted by Gasteiger charge is 2.29. The van der Waals surface area contributed by atoms with Crippen molar-refractivity contribution in [1.82, 2.24) is 0 Å². The Labute approximate surface area is 211 Å². The maximum atomic E-state index is 13.3. The molecule has 9 heteroatoms. The van der Waals surface area contributed by atoms with E-state index in [0.29, 0.717) is 17.9 Å². The smallest absolute Gasteiger partial charge is 0.338 e. The number of esters is 1. The van der Waals surface area contributed by atoms with Crippen molar-refractivity contribution in [2.24, 2.45) is 0 Å². The Morgan fingerprint density at radius 2 is 1.64 bits per heavy atom. The number of ether oxygens (including phenoxy) is 1. The molecule has 8 nitrogen and oxygen atoms in total. The molecule has 1 aliphatic rings. The summed E-state index contributed by atoms with van der Waals surface area (Å²) in [7, 11) is 0.0573. The predicted octanol–water partition coefficient (Wildman–Crippen LogP) is 4.08. The summed E-state index contributed by atoms with van der Waals surface area (Å²) in [5.74, 6) is -1.18. The van der Waals surface area contributed by atoms with Gasteiger partial charge in [0.25, 0.3) is 15.9 Å². The minimum absolute atomic E-state index is 0.0858. The van der Waals surface area contributed by atoms with E-state index in [1.165, 1.54) is 35.5 Å². The predicted molar refractivity (Wildman–Crippen MR) is 140 cm³/mol. The van der Waals surface area contributed by atoms with Gasteiger partial charge >= 0.3 is 5.97 Å². The van der Waals surface area contributed by atoms with Crippen LogP contribution in [0.25, 0.3) is 0 Å². The molecule has 1 unspecified atom stereocenters. The number of carbonyl (C=O) groups excluding carboxylic acids is 2. The number of sulfonamides is 1. The minimum Gasteiger partial charge on any atom is -0.449 e. The Kier molecular flexibility index (Phi) is 7.30. The van der Waals surface area contributed by atoms with Gasteiger partial charge in [-0.05, 0) is 79.9 Å². The average molecular weight is 508 g/mol. The van der Waals surface area contributed by atoms with Gasteiger partial charge in [-0.25, -0.2) is 13.2 Å². The molecular formula is C27H29N3O5S. The van der Waals surface area contributed by atoms with E-state index >= 15 is 0 Å². The van der Waals surface area contributed by atoms with Crippen LogP contribution in [0.1, 0.15) is 29.3 Å². The molecule has 1 N–H and O–H groups in total. The van der Waals surface area contributed by atoms with Gasteiger partial charge < -0.3 is 15.0 Å². The second kappa shape index (κ2) is 10.4. The summed E-state index contributed by atoms with van der Waals surface area (Å²) in [4.78, 5) is 27.1. The maximum absolute atomic E-state index is 13.3. The van der Waals surface area contributed by atoms with Crippen LogP contribution in [0.5, 0.6) is 0 Å². The zero-order valence-corrected chi connectivity index (χ0v) is 21.3. The fraction of sp³-hybridized carbons (Fsp3) is 0.259. The van der Waals surface area contributed by atoms with Gasteiger partial charge in [-0.15, -0.1) is 0 Å². The molecule has 36 heavy (non-hydrogen) atoms. The minimum atomic E-state index is -3.78. The fourth-order valence-electron chi connectivity index (χ4n) is 4.01. The van der Waals surface area contributed by atoms with E-state index in [0.717, 1.165) is 24.1 Å². The van der Waals surface area contributed by atoms with Crippen LogP contribution in [-0.2, 0) is 26.0 Å². The third-order valence-electron chi connectivity index (χ3n) is 6.05. The van der Waals surface area contributed by atoms with Crippen molar-refractivity contribution in [3.63, 3.8) is 0 Å². The molecule has 3 aromatic carbocycles. The summed E-state index contributed by atoms with van der Waals surface area (Å²) in [6.45, 7) is 1.88. The molecule has 1 atom stereocenters. The van der Waals surface area contributed by atoms with Crippen molar-refractivity contribution in [2.45, 2.75) is 30.8 Å². The zero-order valence-electron chi connectivity index (χ0n) is 20.5. The first-order valence-corrected chi connectivity index (χ1v) is 13.1. The molecule has 1 aliphatic heterocycles. The highest BCUT2D eigenvalue weighted by molar-refractivity contribution is 7.92. The summed E-state index contributed by atoms with van der Waals surface area (Å²) < 4.78 is 33.3. The lowest BCUT2D eigenvalue weighted by atomic mass is 10.0. The van der Waals surface area contributed by atoms with Crippen molar-refractivity contribution < 1.29 is 22.7 Å². The van der Waals surface area contributed by atoms with Crippen LogP contribution in [0.2, 0.25) is 0 Å². The lowest BCUT2D eigenvalue weighted by Crippen LogP contribution is -2.35. The number of rotatable bonds is 7. The molecule has 3 aromatic rings. The summed E-state index contributed by atoms with van der Waals surface area (Å²) in [6, 6.07) is 20.3. The van der Waals surface area contributed by atoms with Gasteiger partial charge in [-0.3, -0.25) is 9.10 Å². The van der Waals surface area contributed by atoms with E-state index in [1.54, 1.807) is 18.2 Å². The second-order valence-electron chi connectivity index (χ2n) is 8.81. The number of nitrogens with zero attached hydrogens (tertiary/aromatic N) is 2. The van der Waals surface area contributed by atoms with Crippen LogP contribution in [0.3, 0.4) is 0 Å². The number of nitrogens with one attached hydrogen (secondary N) is 1. The molecule has 0 saturated heterocycles. The molecule has 0 saturated carbocycles. The van der Waals surface area contributed by atoms with E-state index in [4.69, 9.17) is 4.74 Å². The number of fused-ring (bicyclic) bond motifs is 1. The van der Waals surface area contributed by atoms with Crippen molar-refractivity contribution in [2.75, 3.05) is 35.2 Å². The Bertz CT molecular complexity index is 1350. The molecule has 0 fully saturated rings. The molecule has 188 valence electrons. The monoisotopic (exact) mass is 507 g/mol. The molecule has 0 radical (unpaired) electrons. The highest BCUT2D eigenvalue weighted by atomic mass is 32.2. The number of aryl methyl sites for hydroxylation is 1. The Balaban J connectivity index is 1.41. The molecule has 1 amide bonds. The van der Waals surface area contributed by atoms with Gasteiger partial charge in [0.05, 0.1) is 16.1 Å².